The number of nitrogens with zero attached hydrogens (tertiary/aromatic N) is 3. The minimum absolute atomic E-state index is 0.00507. The van der Waals surface area contributed by atoms with E-state index in [0.717, 1.165) is 10.4 Å². The first-order valence-electron chi connectivity index (χ1n) is 8.23. The van der Waals surface area contributed by atoms with Crippen LogP contribution in [0.2, 0.25) is 0 Å². The van der Waals surface area contributed by atoms with Crippen molar-refractivity contribution in [3.8, 4) is 5.75 Å². The number of hydrogen-bond donors (Lipinski definition) is 1. The molecule has 9 nitrogen and oxygen atoms in total. The molecule has 2 aromatic rings. The second-order valence-electron chi connectivity index (χ2n) is 6.08. The first-order valence-corrected chi connectivity index (χ1v) is 10.5. The fraction of sp³-hybridized carbons (Fsp3) is 0.235. The fourth-order valence-electron chi connectivity index (χ4n) is 2.95. The van der Waals surface area contributed by atoms with Gasteiger partial charge in [0.25, 0.3) is 11.6 Å². The van der Waals surface area contributed by atoms with Gasteiger partial charge in [-0.3, -0.25) is 14.9 Å². The average Bonchev–Trinajstić information content (AvgIpc) is 2.69. The molecule has 0 saturated carbocycles. The number of nitro benzene ring substituents is 1. The van der Waals surface area contributed by atoms with Crippen LogP contribution in [-0.2, 0) is 10.0 Å². The van der Waals surface area contributed by atoms with E-state index in [1.165, 1.54) is 35.2 Å². The number of rotatable bonds is 4. The number of para-hydroxylation sites is 1. The van der Waals surface area contributed by atoms with Gasteiger partial charge in [-0.1, -0.05) is 28.1 Å². The monoisotopic (exact) mass is 469 g/mol. The largest absolute Gasteiger partial charge is 0.507 e. The number of sulfonamides is 1. The summed E-state index contributed by atoms with van der Waals surface area (Å²) in [7, 11) is -4.07. The van der Waals surface area contributed by atoms with Crippen LogP contribution < -0.4 is 0 Å². The van der Waals surface area contributed by atoms with Gasteiger partial charge >= 0.3 is 0 Å². The van der Waals surface area contributed by atoms with Crippen molar-refractivity contribution in [2.75, 3.05) is 26.2 Å². The van der Waals surface area contributed by atoms with Gasteiger partial charge < -0.3 is 10.0 Å². The van der Waals surface area contributed by atoms with E-state index in [4.69, 9.17) is 0 Å². The molecule has 1 amide bonds. The Morgan fingerprint density at radius 3 is 2.39 bits per heavy atom. The third-order valence-electron chi connectivity index (χ3n) is 4.39. The van der Waals surface area contributed by atoms with Crippen molar-refractivity contribution in [3.63, 3.8) is 0 Å². The SMILES string of the molecule is O=C(c1cc(Br)ccc1O)N1CCN(S(=O)(=O)c2ccccc2[N+](=O)[O-])CC1. The standard InChI is InChI=1S/C17H16BrN3O6S/c18-12-5-6-15(22)13(11-12)17(23)19-7-9-20(10-8-19)28(26,27)16-4-2-1-3-14(16)21(24)25/h1-6,11,22H,7-10H2. The second-order valence-corrected chi connectivity index (χ2v) is 8.90. The van der Waals surface area contributed by atoms with Gasteiger partial charge in [-0.2, -0.15) is 4.31 Å². The third-order valence-corrected chi connectivity index (χ3v) is 6.83. The number of phenols is 1. The number of carbonyl (C=O) groups excluding carboxylic acids is 1. The van der Waals surface area contributed by atoms with Crippen molar-refractivity contribution in [2.45, 2.75) is 4.90 Å². The Hall–Kier alpha value is -2.50. The molecule has 0 aliphatic carbocycles. The van der Waals surface area contributed by atoms with Crippen molar-refractivity contribution < 1.29 is 23.2 Å². The van der Waals surface area contributed by atoms with Gasteiger partial charge in [-0.15, -0.1) is 0 Å². The van der Waals surface area contributed by atoms with Crippen LogP contribution in [0.4, 0.5) is 5.69 Å². The van der Waals surface area contributed by atoms with Crippen LogP contribution in [0.1, 0.15) is 10.4 Å². The Balaban J connectivity index is 1.77. The van der Waals surface area contributed by atoms with Crippen molar-refractivity contribution in [2.24, 2.45) is 0 Å². The van der Waals surface area contributed by atoms with E-state index < -0.39 is 26.5 Å². The van der Waals surface area contributed by atoms with E-state index in [-0.39, 0.29) is 42.4 Å². The molecular weight excluding hydrogens is 454 g/mol. The summed E-state index contributed by atoms with van der Waals surface area (Å²) in [5.41, 5.74) is -0.371. The van der Waals surface area contributed by atoms with Crippen LogP contribution >= 0.6 is 15.9 Å². The normalized spacial score (nSPS) is 15.4. The van der Waals surface area contributed by atoms with Crippen LogP contribution in [0, 0.1) is 10.1 Å². The Morgan fingerprint density at radius 1 is 1.11 bits per heavy atom. The maximum Gasteiger partial charge on any atom is 0.289 e. The molecule has 148 valence electrons. The summed E-state index contributed by atoms with van der Waals surface area (Å²) in [5.74, 6) is -0.579. The lowest BCUT2D eigenvalue weighted by atomic mass is 10.1. The maximum atomic E-state index is 12.8. The van der Waals surface area contributed by atoms with Crippen LogP contribution in [0.3, 0.4) is 0 Å². The number of hydrogen-bond acceptors (Lipinski definition) is 6. The number of carbonyl (C=O) groups is 1. The predicted octanol–water partition coefficient (Wildman–Crippen LogP) is 2.21. The summed E-state index contributed by atoms with van der Waals surface area (Å²) in [6.07, 6.45) is 0. The lowest BCUT2D eigenvalue weighted by molar-refractivity contribution is -0.387. The topological polar surface area (TPSA) is 121 Å². The molecule has 28 heavy (non-hydrogen) atoms. The third kappa shape index (κ3) is 3.86. The highest BCUT2D eigenvalue weighted by Gasteiger charge is 2.34. The first kappa shape index (κ1) is 20.2. The van der Waals surface area contributed by atoms with Gasteiger partial charge in [-0.25, -0.2) is 8.42 Å². The van der Waals surface area contributed by atoms with E-state index in [0.29, 0.717) is 4.47 Å². The van der Waals surface area contributed by atoms with Crippen LogP contribution in [0.5, 0.6) is 5.75 Å². The van der Waals surface area contributed by atoms with Gasteiger partial charge in [0.05, 0.1) is 10.5 Å². The van der Waals surface area contributed by atoms with E-state index in [9.17, 15) is 28.4 Å². The Bertz CT molecular complexity index is 1030. The molecule has 1 aliphatic rings. The number of aromatic hydroxyl groups is 1. The fourth-order valence-corrected chi connectivity index (χ4v) is 4.89. The van der Waals surface area contributed by atoms with Gasteiger partial charge in [0.1, 0.15) is 5.75 Å². The molecule has 1 N–H and O–H groups in total. The van der Waals surface area contributed by atoms with Crippen LogP contribution in [0.15, 0.2) is 51.8 Å². The summed E-state index contributed by atoms with van der Waals surface area (Å²) in [6.45, 7) is 0.194. The number of benzene rings is 2. The lowest BCUT2D eigenvalue weighted by Crippen LogP contribution is -2.50. The van der Waals surface area contributed by atoms with Crippen LogP contribution in [0.25, 0.3) is 0 Å². The molecular formula is C17H16BrN3O6S. The molecule has 1 heterocycles. The molecule has 0 unspecified atom stereocenters. The zero-order valence-electron chi connectivity index (χ0n) is 14.5. The number of nitro groups is 1. The van der Waals surface area contributed by atoms with E-state index in [1.807, 2.05) is 0 Å². The second kappa shape index (κ2) is 7.86. The summed E-state index contributed by atoms with van der Waals surface area (Å²) in [6, 6.07) is 9.66. The highest BCUT2D eigenvalue weighted by molar-refractivity contribution is 9.10. The van der Waals surface area contributed by atoms with Crippen molar-refractivity contribution in [1.29, 1.82) is 0 Å². The van der Waals surface area contributed by atoms with Gasteiger partial charge in [0.2, 0.25) is 10.0 Å². The van der Waals surface area contributed by atoms with E-state index >= 15 is 0 Å². The summed E-state index contributed by atoms with van der Waals surface area (Å²) >= 11 is 3.24. The quantitative estimate of drug-likeness (QED) is 0.540. The first-order chi connectivity index (χ1) is 13.2. The Morgan fingerprint density at radius 2 is 1.75 bits per heavy atom. The van der Waals surface area contributed by atoms with E-state index in [2.05, 4.69) is 15.9 Å². The molecule has 3 rings (SSSR count). The molecule has 1 aliphatic heterocycles. The molecule has 1 fully saturated rings. The predicted molar refractivity (Wildman–Crippen MR) is 104 cm³/mol. The van der Waals surface area contributed by atoms with Gasteiger partial charge in [0, 0.05) is 36.7 Å². The molecule has 2 aromatic carbocycles. The van der Waals surface area contributed by atoms with Crippen molar-refractivity contribution in [1.82, 2.24) is 9.21 Å². The Kier molecular flexibility index (Phi) is 5.68. The summed E-state index contributed by atoms with van der Waals surface area (Å²) < 4.78 is 27.4. The van der Waals surface area contributed by atoms with E-state index in [1.54, 1.807) is 6.07 Å². The Labute approximate surface area is 169 Å². The highest BCUT2D eigenvalue weighted by Crippen LogP contribution is 2.28. The molecule has 11 heteroatoms. The van der Waals surface area contributed by atoms with Gasteiger partial charge in [-0.05, 0) is 24.3 Å². The smallest absolute Gasteiger partial charge is 0.289 e. The highest BCUT2D eigenvalue weighted by atomic mass is 79.9. The lowest BCUT2D eigenvalue weighted by Gasteiger charge is -2.34. The average molecular weight is 470 g/mol. The minimum Gasteiger partial charge on any atom is -0.507 e. The zero-order valence-corrected chi connectivity index (χ0v) is 16.9. The number of amides is 1. The molecule has 0 radical (unpaired) electrons. The van der Waals surface area contributed by atoms with Crippen molar-refractivity contribution in [3.05, 3.63) is 62.6 Å². The van der Waals surface area contributed by atoms with Crippen LogP contribution in [-0.4, -0.2) is 59.7 Å². The van der Waals surface area contributed by atoms with Crippen molar-refractivity contribution >= 4 is 37.5 Å². The molecule has 1 saturated heterocycles. The maximum absolute atomic E-state index is 12.8. The number of phenolic OH excluding ortho intramolecular Hbond substituents is 1. The zero-order chi connectivity index (χ0) is 20.5. The molecule has 0 spiro atoms. The molecule has 0 atom stereocenters. The number of halogens is 1. The summed E-state index contributed by atoms with van der Waals surface area (Å²) in [4.78, 5) is 24.1. The molecule has 0 bridgehead atoms. The summed E-state index contributed by atoms with van der Waals surface area (Å²) in [5, 5.41) is 21.1. The van der Waals surface area contributed by atoms with Gasteiger partial charge in [0.15, 0.2) is 4.90 Å². The molecule has 0 aromatic heterocycles. The minimum atomic E-state index is -4.07. The number of piperazine rings is 1.